The van der Waals surface area contributed by atoms with Crippen LogP contribution in [-0.4, -0.2) is 30.3 Å². The maximum Gasteiger partial charge on any atom is 0.149 e. The van der Waals surface area contributed by atoms with Gasteiger partial charge in [0.25, 0.3) is 0 Å². The number of hydrogen-bond acceptors (Lipinski definition) is 2. The van der Waals surface area contributed by atoms with Gasteiger partial charge in [-0.3, -0.25) is 9.69 Å². The summed E-state index contributed by atoms with van der Waals surface area (Å²) in [4.78, 5) is 14.7. The van der Waals surface area contributed by atoms with Crippen molar-refractivity contribution in [2.45, 2.75) is 52.9 Å². The molecule has 0 aromatic rings. The molecule has 0 bridgehead atoms. The third-order valence-corrected chi connectivity index (χ3v) is 4.80. The Hall–Kier alpha value is -0.370. The van der Waals surface area contributed by atoms with Crippen LogP contribution in [0.4, 0.5) is 0 Å². The molecule has 1 aliphatic heterocycles. The average Bonchev–Trinajstić information content (AvgIpc) is 2.28. The van der Waals surface area contributed by atoms with Crippen LogP contribution < -0.4 is 0 Å². The second-order valence-corrected chi connectivity index (χ2v) is 7.06. The molecule has 0 aromatic heterocycles. The maximum absolute atomic E-state index is 12.3. The molecule has 0 aromatic carbocycles. The van der Waals surface area contributed by atoms with E-state index in [9.17, 15) is 4.79 Å². The Bertz CT molecular complexity index is 271. The van der Waals surface area contributed by atoms with Crippen LogP contribution in [0.5, 0.6) is 0 Å². The van der Waals surface area contributed by atoms with Gasteiger partial charge in [0, 0.05) is 19.0 Å². The second-order valence-electron chi connectivity index (χ2n) is 7.06. The van der Waals surface area contributed by atoms with Crippen LogP contribution in [0.3, 0.4) is 0 Å². The van der Waals surface area contributed by atoms with Crippen molar-refractivity contribution >= 4 is 5.78 Å². The van der Waals surface area contributed by atoms with E-state index in [0.717, 1.165) is 43.7 Å². The van der Waals surface area contributed by atoms with Gasteiger partial charge >= 0.3 is 0 Å². The first-order chi connectivity index (χ1) is 8.54. The van der Waals surface area contributed by atoms with E-state index in [4.69, 9.17) is 0 Å². The summed E-state index contributed by atoms with van der Waals surface area (Å²) >= 11 is 0. The predicted octanol–water partition coefficient (Wildman–Crippen LogP) is 3.36. The number of ketones is 1. The van der Waals surface area contributed by atoms with E-state index in [2.05, 4.69) is 25.7 Å². The maximum atomic E-state index is 12.3. The van der Waals surface area contributed by atoms with Gasteiger partial charge in [-0.05, 0) is 37.0 Å². The van der Waals surface area contributed by atoms with E-state index in [1.54, 1.807) is 0 Å². The molecular formula is C16H29NO. The summed E-state index contributed by atoms with van der Waals surface area (Å²) in [7, 11) is 0. The molecule has 2 heteroatoms. The van der Waals surface area contributed by atoms with Crippen LogP contribution in [0.15, 0.2) is 0 Å². The Labute approximate surface area is 112 Å². The van der Waals surface area contributed by atoms with Crippen LogP contribution in [0.25, 0.3) is 0 Å². The van der Waals surface area contributed by atoms with Crippen molar-refractivity contribution in [1.29, 1.82) is 0 Å². The van der Waals surface area contributed by atoms with E-state index < -0.39 is 0 Å². The fraction of sp³-hybridized carbons (Fsp3) is 0.938. The van der Waals surface area contributed by atoms with Crippen LogP contribution in [0.1, 0.15) is 52.9 Å². The van der Waals surface area contributed by atoms with Gasteiger partial charge in [-0.1, -0.05) is 33.6 Å². The standard InChI is InChI=1S/C16H29NO/c1-12-4-6-15(7-5-12)16(18)11-17-9-13(2)8-14(3)10-17/h12-15H,4-11H2,1-3H3. The molecule has 2 rings (SSSR count). The molecule has 1 heterocycles. The summed E-state index contributed by atoms with van der Waals surface area (Å²) < 4.78 is 0. The van der Waals surface area contributed by atoms with E-state index in [-0.39, 0.29) is 0 Å². The van der Waals surface area contributed by atoms with Gasteiger partial charge in [-0.15, -0.1) is 0 Å². The molecule has 0 spiro atoms. The van der Waals surface area contributed by atoms with E-state index in [1.165, 1.54) is 19.3 Å². The van der Waals surface area contributed by atoms with E-state index in [0.29, 0.717) is 18.2 Å². The van der Waals surface area contributed by atoms with Crippen molar-refractivity contribution in [3.05, 3.63) is 0 Å². The third kappa shape index (κ3) is 3.81. The van der Waals surface area contributed by atoms with Crippen molar-refractivity contribution in [3.8, 4) is 0 Å². The lowest BCUT2D eigenvalue weighted by Gasteiger charge is -2.35. The minimum atomic E-state index is 0.369. The highest BCUT2D eigenvalue weighted by molar-refractivity contribution is 5.83. The third-order valence-electron chi connectivity index (χ3n) is 4.80. The summed E-state index contributed by atoms with van der Waals surface area (Å²) in [5.41, 5.74) is 0. The van der Waals surface area contributed by atoms with Gasteiger partial charge in [-0.2, -0.15) is 0 Å². The molecule has 104 valence electrons. The first kappa shape index (κ1) is 14.0. The lowest BCUT2D eigenvalue weighted by molar-refractivity contribution is -0.125. The zero-order chi connectivity index (χ0) is 13.1. The zero-order valence-corrected chi connectivity index (χ0v) is 12.3. The Morgan fingerprint density at radius 1 is 0.944 bits per heavy atom. The van der Waals surface area contributed by atoms with Gasteiger partial charge < -0.3 is 0 Å². The lowest BCUT2D eigenvalue weighted by atomic mass is 9.80. The molecule has 0 radical (unpaired) electrons. The molecule has 2 unspecified atom stereocenters. The van der Waals surface area contributed by atoms with E-state index >= 15 is 0 Å². The Morgan fingerprint density at radius 3 is 2.06 bits per heavy atom. The number of nitrogens with zero attached hydrogens (tertiary/aromatic N) is 1. The fourth-order valence-electron chi connectivity index (χ4n) is 3.85. The highest BCUT2D eigenvalue weighted by atomic mass is 16.1. The minimum absolute atomic E-state index is 0.369. The predicted molar refractivity (Wildman–Crippen MR) is 75.5 cm³/mol. The molecule has 2 nitrogen and oxygen atoms in total. The summed E-state index contributed by atoms with van der Waals surface area (Å²) in [6.07, 6.45) is 6.11. The number of carbonyl (C=O) groups excluding carboxylic acids is 1. The highest BCUT2D eigenvalue weighted by Gasteiger charge is 2.28. The average molecular weight is 251 g/mol. The molecule has 1 saturated heterocycles. The summed E-state index contributed by atoms with van der Waals surface area (Å²) in [6, 6.07) is 0. The normalized spacial score (nSPS) is 38.6. The number of Topliss-reactive ketones (excluding diaryl/α,β-unsaturated/α-hetero) is 1. The van der Waals surface area contributed by atoms with Crippen molar-refractivity contribution in [3.63, 3.8) is 0 Å². The molecule has 18 heavy (non-hydrogen) atoms. The lowest BCUT2D eigenvalue weighted by Crippen LogP contribution is -2.43. The molecule has 2 fully saturated rings. The summed E-state index contributed by atoms with van der Waals surface area (Å²) in [5.74, 6) is 3.24. The number of carbonyl (C=O) groups is 1. The number of likely N-dealkylation sites (tertiary alicyclic amines) is 1. The smallest absolute Gasteiger partial charge is 0.149 e. The van der Waals surface area contributed by atoms with Crippen molar-refractivity contribution < 1.29 is 4.79 Å². The first-order valence-electron chi connectivity index (χ1n) is 7.79. The first-order valence-corrected chi connectivity index (χ1v) is 7.79. The van der Waals surface area contributed by atoms with Crippen molar-refractivity contribution in [1.82, 2.24) is 4.90 Å². The van der Waals surface area contributed by atoms with Gasteiger partial charge in [-0.25, -0.2) is 0 Å². The molecular weight excluding hydrogens is 222 g/mol. The van der Waals surface area contributed by atoms with Crippen LogP contribution in [0.2, 0.25) is 0 Å². The monoisotopic (exact) mass is 251 g/mol. The topological polar surface area (TPSA) is 20.3 Å². The molecule has 1 saturated carbocycles. The number of piperidine rings is 1. The van der Waals surface area contributed by atoms with Crippen molar-refractivity contribution in [2.24, 2.45) is 23.7 Å². The molecule has 0 N–H and O–H groups in total. The molecule has 2 aliphatic rings. The fourth-order valence-corrected chi connectivity index (χ4v) is 3.85. The quantitative estimate of drug-likeness (QED) is 0.766. The van der Waals surface area contributed by atoms with Gasteiger partial charge in [0.05, 0.1) is 6.54 Å². The molecule has 0 amide bonds. The van der Waals surface area contributed by atoms with Gasteiger partial charge in [0.2, 0.25) is 0 Å². The highest BCUT2D eigenvalue weighted by Crippen LogP contribution is 2.29. The van der Waals surface area contributed by atoms with E-state index in [1.807, 2.05) is 0 Å². The summed E-state index contributed by atoms with van der Waals surface area (Å²) in [6.45, 7) is 9.91. The Balaban J connectivity index is 1.80. The summed E-state index contributed by atoms with van der Waals surface area (Å²) in [5, 5.41) is 0. The van der Waals surface area contributed by atoms with Crippen LogP contribution in [-0.2, 0) is 4.79 Å². The zero-order valence-electron chi connectivity index (χ0n) is 12.3. The van der Waals surface area contributed by atoms with Gasteiger partial charge in [0.15, 0.2) is 0 Å². The minimum Gasteiger partial charge on any atom is -0.298 e. The second kappa shape index (κ2) is 6.18. The Kier molecular flexibility index (Phi) is 4.83. The Morgan fingerprint density at radius 2 is 1.50 bits per heavy atom. The number of rotatable bonds is 3. The van der Waals surface area contributed by atoms with Crippen LogP contribution >= 0.6 is 0 Å². The largest absolute Gasteiger partial charge is 0.298 e. The molecule has 1 aliphatic carbocycles. The van der Waals surface area contributed by atoms with Gasteiger partial charge in [0.1, 0.15) is 5.78 Å². The number of hydrogen-bond donors (Lipinski definition) is 0. The van der Waals surface area contributed by atoms with Crippen LogP contribution in [0, 0.1) is 23.7 Å². The molecule has 2 atom stereocenters. The van der Waals surface area contributed by atoms with Crippen molar-refractivity contribution in [2.75, 3.05) is 19.6 Å². The SMILES string of the molecule is CC1CCC(C(=O)CN2CC(C)CC(C)C2)CC1.